The highest BCUT2D eigenvalue weighted by atomic mass is 19.3. The van der Waals surface area contributed by atoms with E-state index in [0.29, 0.717) is 12.6 Å². The molecule has 0 aliphatic carbocycles. The van der Waals surface area contributed by atoms with Gasteiger partial charge in [0.2, 0.25) is 0 Å². The minimum Gasteiger partial charge on any atom is -0.365 e. The Morgan fingerprint density at radius 3 is 2.88 bits per heavy atom. The van der Waals surface area contributed by atoms with Crippen LogP contribution in [0.2, 0.25) is 0 Å². The summed E-state index contributed by atoms with van der Waals surface area (Å²) in [4.78, 5) is 1.79. The summed E-state index contributed by atoms with van der Waals surface area (Å²) in [5.41, 5.74) is 2.09. The molecule has 1 aromatic rings. The number of rotatable bonds is 4. The molecular weight excluding hydrogens is 222 g/mol. The molecule has 0 saturated carbocycles. The number of hydrogen-bond donors (Lipinski definition) is 1. The molecule has 0 amide bonds. The average molecular weight is 240 g/mol. The summed E-state index contributed by atoms with van der Waals surface area (Å²) in [5, 5.41) is 3.40. The molecule has 0 aromatic heterocycles. The molecule has 1 atom stereocenters. The molecule has 0 radical (unpaired) electrons. The Kier molecular flexibility index (Phi) is 3.94. The molecule has 2 nitrogen and oxygen atoms in total. The van der Waals surface area contributed by atoms with E-state index in [1.807, 2.05) is 24.3 Å². The highest BCUT2D eigenvalue weighted by Gasteiger charge is 2.25. The molecule has 0 spiro atoms. The van der Waals surface area contributed by atoms with Gasteiger partial charge in [0, 0.05) is 18.3 Å². The number of para-hydroxylation sites is 1. The van der Waals surface area contributed by atoms with Crippen molar-refractivity contribution in [3.63, 3.8) is 0 Å². The molecule has 4 heteroatoms. The smallest absolute Gasteiger partial charge is 0.255 e. The van der Waals surface area contributed by atoms with Crippen LogP contribution in [-0.2, 0) is 0 Å². The van der Waals surface area contributed by atoms with Crippen molar-refractivity contribution >= 4 is 5.69 Å². The Bertz CT molecular complexity index is 368. The van der Waals surface area contributed by atoms with Crippen molar-refractivity contribution < 1.29 is 8.78 Å². The molecule has 0 bridgehead atoms. The molecule has 1 aliphatic rings. The van der Waals surface area contributed by atoms with Crippen molar-refractivity contribution in [2.45, 2.75) is 25.8 Å². The summed E-state index contributed by atoms with van der Waals surface area (Å²) < 4.78 is 25.0. The molecule has 0 fully saturated rings. The molecular formula is C13H18F2N2. The van der Waals surface area contributed by atoms with Crippen LogP contribution in [0.1, 0.15) is 24.9 Å². The van der Waals surface area contributed by atoms with Crippen LogP contribution in [0.25, 0.3) is 0 Å². The predicted octanol–water partition coefficient (Wildman–Crippen LogP) is 2.81. The zero-order chi connectivity index (χ0) is 12.3. The fourth-order valence-corrected chi connectivity index (χ4v) is 2.45. The summed E-state index contributed by atoms with van der Waals surface area (Å²) in [6.07, 6.45) is -1.39. The van der Waals surface area contributed by atoms with E-state index in [-0.39, 0.29) is 6.54 Å². The molecule has 1 aromatic carbocycles. The highest BCUT2D eigenvalue weighted by Crippen LogP contribution is 2.33. The third-order valence-corrected chi connectivity index (χ3v) is 3.15. The Morgan fingerprint density at radius 2 is 2.18 bits per heavy atom. The minimum atomic E-state index is -2.28. The van der Waals surface area contributed by atoms with Gasteiger partial charge in [0.15, 0.2) is 0 Å². The van der Waals surface area contributed by atoms with Gasteiger partial charge in [0.1, 0.15) is 0 Å². The summed E-state index contributed by atoms with van der Waals surface area (Å²) in [6, 6.07) is 8.13. The van der Waals surface area contributed by atoms with Crippen LogP contribution in [0.3, 0.4) is 0 Å². The Morgan fingerprint density at radius 1 is 1.41 bits per heavy atom. The number of halogens is 2. The van der Waals surface area contributed by atoms with Gasteiger partial charge in [0.05, 0.1) is 6.54 Å². The van der Waals surface area contributed by atoms with E-state index in [0.717, 1.165) is 24.2 Å². The van der Waals surface area contributed by atoms with Gasteiger partial charge in [-0.3, -0.25) is 0 Å². The molecule has 0 saturated heterocycles. The number of alkyl halides is 2. The van der Waals surface area contributed by atoms with Gasteiger partial charge in [0.25, 0.3) is 6.43 Å². The van der Waals surface area contributed by atoms with Gasteiger partial charge in [-0.1, -0.05) is 25.1 Å². The van der Waals surface area contributed by atoms with E-state index in [9.17, 15) is 8.78 Å². The fraction of sp³-hybridized carbons (Fsp3) is 0.538. The number of fused-ring (bicyclic) bond motifs is 1. The summed E-state index contributed by atoms with van der Waals surface area (Å²) >= 11 is 0. The van der Waals surface area contributed by atoms with Gasteiger partial charge in [-0.15, -0.1) is 0 Å². The monoisotopic (exact) mass is 240 g/mol. The molecule has 1 unspecified atom stereocenters. The highest BCUT2D eigenvalue weighted by molar-refractivity contribution is 5.57. The van der Waals surface area contributed by atoms with Crippen LogP contribution in [-0.4, -0.2) is 26.1 Å². The molecule has 1 N–H and O–H groups in total. The largest absolute Gasteiger partial charge is 0.365 e. The maximum atomic E-state index is 12.5. The summed E-state index contributed by atoms with van der Waals surface area (Å²) in [6.45, 7) is 3.48. The first-order valence-corrected chi connectivity index (χ1v) is 6.07. The number of benzene rings is 1. The van der Waals surface area contributed by atoms with Crippen LogP contribution >= 0.6 is 0 Å². The van der Waals surface area contributed by atoms with E-state index in [1.54, 1.807) is 4.90 Å². The van der Waals surface area contributed by atoms with Crippen LogP contribution in [0.4, 0.5) is 14.5 Å². The van der Waals surface area contributed by atoms with Crippen molar-refractivity contribution in [1.29, 1.82) is 0 Å². The summed E-state index contributed by atoms with van der Waals surface area (Å²) in [7, 11) is 0. The lowest BCUT2D eigenvalue weighted by Crippen LogP contribution is -2.38. The minimum absolute atomic E-state index is 0.171. The van der Waals surface area contributed by atoms with E-state index in [4.69, 9.17) is 0 Å². The second kappa shape index (κ2) is 5.45. The number of hydrogen-bond acceptors (Lipinski definition) is 2. The van der Waals surface area contributed by atoms with Crippen molar-refractivity contribution in [3.05, 3.63) is 29.8 Å². The standard InChI is InChI=1S/C13H18F2N2/c1-2-16-11-7-8-17(9-13(14)15)12-6-4-3-5-10(11)12/h3-6,11,13,16H,2,7-9H2,1H3. The SMILES string of the molecule is CCNC1CCN(CC(F)F)c2ccccc21. The lowest BCUT2D eigenvalue weighted by Gasteiger charge is -2.35. The van der Waals surface area contributed by atoms with E-state index in [2.05, 4.69) is 12.2 Å². The van der Waals surface area contributed by atoms with Crippen molar-refractivity contribution in [2.24, 2.45) is 0 Å². The second-order valence-electron chi connectivity index (χ2n) is 4.29. The van der Waals surface area contributed by atoms with E-state index >= 15 is 0 Å². The Hall–Kier alpha value is -1.16. The van der Waals surface area contributed by atoms with Crippen LogP contribution in [0.5, 0.6) is 0 Å². The van der Waals surface area contributed by atoms with Crippen molar-refractivity contribution in [1.82, 2.24) is 5.32 Å². The van der Waals surface area contributed by atoms with Gasteiger partial charge in [-0.05, 0) is 24.6 Å². The molecule has 2 rings (SSSR count). The van der Waals surface area contributed by atoms with E-state index in [1.165, 1.54) is 0 Å². The van der Waals surface area contributed by atoms with Crippen molar-refractivity contribution in [2.75, 3.05) is 24.5 Å². The zero-order valence-corrected chi connectivity index (χ0v) is 10.00. The first kappa shape index (κ1) is 12.3. The second-order valence-corrected chi connectivity index (χ2v) is 4.29. The normalized spacial score (nSPS) is 19.5. The van der Waals surface area contributed by atoms with Gasteiger partial charge < -0.3 is 10.2 Å². The lowest BCUT2D eigenvalue weighted by molar-refractivity contribution is 0.153. The third-order valence-electron chi connectivity index (χ3n) is 3.15. The molecule has 1 aliphatic heterocycles. The first-order chi connectivity index (χ1) is 8.22. The number of nitrogens with one attached hydrogen (secondary N) is 1. The maximum absolute atomic E-state index is 12.5. The quantitative estimate of drug-likeness (QED) is 0.870. The van der Waals surface area contributed by atoms with Gasteiger partial charge >= 0.3 is 0 Å². The maximum Gasteiger partial charge on any atom is 0.255 e. The van der Waals surface area contributed by atoms with Gasteiger partial charge in [-0.25, -0.2) is 8.78 Å². The first-order valence-electron chi connectivity index (χ1n) is 6.07. The Balaban J connectivity index is 2.23. The lowest BCUT2D eigenvalue weighted by atomic mass is 9.96. The Labute approximate surface area is 101 Å². The zero-order valence-electron chi connectivity index (χ0n) is 10.00. The predicted molar refractivity (Wildman–Crippen MR) is 65.7 cm³/mol. The van der Waals surface area contributed by atoms with Crippen LogP contribution < -0.4 is 10.2 Å². The molecule has 17 heavy (non-hydrogen) atoms. The third kappa shape index (κ3) is 2.75. The fourth-order valence-electron chi connectivity index (χ4n) is 2.45. The molecule has 1 heterocycles. The topological polar surface area (TPSA) is 15.3 Å². The van der Waals surface area contributed by atoms with Gasteiger partial charge in [-0.2, -0.15) is 0 Å². The van der Waals surface area contributed by atoms with E-state index < -0.39 is 6.43 Å². The van der Waals surface area contributed by atoms with Crippen LogP contribution in [0, 0.1) is 0 Å². The number of anilines is 1. The van der Waals surface area contributed by atoms with Crippen LogP contribution in [0.15, 0.2) is 24.3 Å². The molecule has 94 valence electrons. The number of nitrogens with zero attached hydrogens (tertiary/aromatic N) is 1. The van der Waals surface area contributed by atoms with Crippen molar-refractivity contribution in [3.8, 4) is 0 Å². The average Bonchev–Trinajstić information content (AvgIpc) is 2.32. The summed E-state index contributed by atoms with van der Waals surface area (Å²) in [5.74, 6) is 0.